The van der Waals surface area contributed by atoms with Gasteiger partial charge >= 0.3 is 5.97 Å². The molecule has 3 N–H and O–H groups in total. The maximum Gasteiger partial charge on any atom is 0.323 e. The number of carbonyl (C=O) groups is 3. The highest BCUT2D eigenvalue weighted by molar-refractivity contribution is 5.99. The van der Waals surface area contributed by atoms with Crippen molar-refractivity contribution in [3.05, 3.63) is 35.1 Å². The largest absolute Gasteiger partial charge is 0.480 e. The van der Waals surface area contributed by atoms with Crippen LogP contribution in [0, 0.1) is 12.7 Å². The monoisotopic (exact) mass is 268 g/mol. The molecule has 0 saturated heterocycles. The molecule has 1 aromatic carbocycles. The third-order valence-electron chi connectivity index (χ3n) is 2.38. The van der Waals surface area contributed by atoms with E-state index in [0.29, 0.717) is 5.56 Å². The Morgan fingerprint density at radius 2 is 1.95 bits per heavy atom. The highest BCUT2D eigenvalue weighted by atomic mass is 19.1. The summed E-state index contributed by atoms with van der Waals surface area (Å²) in [6, 6.07) is 3.47. The molecular formula is C12H13FN2O4. The van der Waals surface area contributed by atoms with Gasteiger partial charge in [-0.1, -0.05) is 0 Å². The minimum absolute atomic E-state index is 0.129. The number of halogens is 1. The number of hydrogen-bond acceptors (Lipinski definition) is 3. The molecule has 6 nitrogen and oxygen atoms in total. The predicted octanol–water partition coefficient (Wildman–Crippen LogP) is 0.146. The van der Waals surface area contributed by atoms with Crippen LogP contribution in [0.5, 0.6) is 0 Å². The van der Waals surface area contributed by atoms with Crippen LogP contribution in [0.3, 0.4) is 0 Å². The molecule has 0 aliphatic rings. The number of rotatable bonds is 5. The number of primary amides is 1. The van der Waals surface area contributed by atoms with Crippen LogP contribution in [0.25, 0.3) is 0 Å². The molecule has 0 spiro atoms. The predicted molar refractivity (Wildman–Crippen MR) is 63.9 cm³/mol. The summed E-state index contributed by atoms with van der Waals surface area (Å²) in [7, 11) is 0. The fraction of sp³-hybridized carbons (Fsp3) is 0.250. The summed E-state index contributed by atoms with van der Waals surface area (Å²) < 4.78 is 12.9. The third-order valence-corrected chi connectivity index (χ3v) is 2.38. The van der Waals surface area contributed by atoms with Crippen molar-refractivity contribution in [3.63, 3.8) is 0 Å². The van der Waals surface area contributed by atoms with Crippen molar-refractivity contribution in [2.45, 2.75) is 6.92 Å². The summed E-state index contributed by atoms with van der Waals surface area (Å²) in [5, 5.41) is 8.70. The fourth-order valence-electron chi connectivity index (χ4n) is 1.59. The first-order valence-electron chi connectivity index (χ1n) is 5.36. The lowest BCUT2D eigenvalue weighted by molar-refractivity contribution is -0.138. The molecule has 0 radical (unpaired) electrons. The van der Waals surface area contributed by atoms with E-state index in [1.165, 1.54) is 13.0 Å². The standard InChI is InChI=1S/C12H13FN2O4/c1-7-4-8(13)2-3-9(7)12(19)15(5-10(14)16)6-11(17)18/h2-4H,5-6H2,1H3,(H2,14,16)(H,17,18). The van der Waals surface area contributed by atoms with Gasteiger partial charge in [-0.2, -0.15) is 0 Å². The van der Waals surface area contributed by atoms with Gasteiger partial charge < -0.3 is 15.7 Å². The molecule has 102 valence electrons. The second kappa shape index (κ2) is 5.94. The maximum absolute atomic E-state index is 12.9. The second-order valence-corrected chi connectivity index (χ2v) is 3.98. The Morgan fingerprint density at radius 3 is 2.42 bits per heavy atom. The summed E-state index contributed by atoms with van der Waals surface area (Å²) in [6.45, 7) is 0.347. The first-order valence-corrected chi connectivity index (χ1v) is 5.36. The fourth-order valence-corrected chi connectivity index (χ4v) is 1.59. The van der Waals surface area contributed by atoms with Gasteiger partial charge in [-0.3, -0.25) is 14.4 Å². The lowest BCUT2D eigenvalue weighted by Gasteiger charge is -2.19. The number of nitrogens with zero attached hydrogens (tertiary/aromatic N) is 1. The summed E-state index contributed by atoms with van der Waals surface area (Å²) in [6.07, 6.45) is 0. The topological polar surface area (TPSA) is 101 Å². The van der Waals surface area contributed by atoms with Crippen LogP contribution in [-0.4, -0.2) is 40.9 Å². The normalized spacial score (nSPS) is 10.0. The number of nitrogens with two attached hydrogens (primary N) is 1. The van der Waals surface area contributed by atoms with E-state index in [1.807, 2.05) is 0 Å². The Bertz CT molecular complexity index is 514. The number of aryl methyl sites for hydroxylation is 1. The molecule has 0 saturated carbocycles. The van der Waals surface area contributed by atoms with Crippen molar-refractivity contribution >= 4 is 17.8 Å². The van der Waals surface area contributed by atoms with E-state index in [-0.39, 0.29) is 5.56 Å². The number of hydrogen-bond donors (Lipinski definition) is 2. The van der Waals surface area contributed by atoms with Crippen LogP contribution in [0.1, 0.15) is 15.9 Å². The van der Waals surface area contributed by atoms with E-state index in [0.717, 1.165) is 17.0 Å². The van der Waals surface area contributed by atoms with Crippen LogP contribution in [0.4, 0.5) is 4.39 Å². The van der Waals surface area contributed by atoms with E-state index in [1.54, 1.807) is 0 Å². The van der Waals surface area contributed by atoms with Crippen LogP contribution >= 0.6 is 0 Å². The molecule has 0 aromatic heterocycles. The van der Waals surface area contributed by atoms with E-state index in [2.05, 4.69) is 0 Å². The summed E-state index contributed by atoms with van der Waals surface area (Å²) in [5.74, 6) is -3.28. The SMILES string of the molecule is Cc1cc(F)ccc1C(=O)N(CC(N)=O)CC(=O)O. The van der Waals surface area contributed by atoms with E-state index in [9.17, 15) is 18.8 Å². The second-order valence-electron chi connectivity index (χ2n) is 3.98. The van der Waals surface area contributed by atoms with Gasteiger partial charge in [0.25, 0.3) is 5.91 Å². The molecule has 0 atom stereocenters. The Hall–Kier alpha value is -2.44. The van der Waals surface area contributed by atoms with Gasteiger partial charge in [-0.25, -0.2) is 4.39 Å². The molecule has 2 amide bonds. The van der Waals surface area contributed by atoms with Gasteiger partial charge in [0.1, 0.15) is 18.9 Å². The van der Waals surface area contributed by atoms with Crippen LogP contribution < -0.4 is 5.73 Å². The van der Waals surface area contributed by atoms with Crippen LogP contribution in [-0.2, 0) is 9.59 Å². The molecule has 19 heavy (non-hydrogen) atoms. The molecule has 1 aromatic rings. The zero-order valence-electron chi connectivity index (χ0n) is 10.2. The number of amides is 2. The van der Waals surface area contributed by atoms with Crippen LogP contribution in [0.15, 0.2) is 18.2 Å². The first kappa shape index (κ1) is 14.6. The van der Waals surface area contributed by atoms with Crippen molar-refractivity contribution in [1.82, 2.24) is 4.90 Å². The Morgan fingerprint density at radius 1 is 1.32 bits per heavy atom. The lowest BCUT2D eigenvalue weighted by atomic mass is 10.1. The highest BCUT2D eigenvalue weighted by Crippen LogP contribution is 2.12. The minimum atomic E-state index is -1.27. The molecule has 7 heteroatoms. The smallest absolute Gasteiger partial charge is 0.323 e. The number of carboxylic acids is 1. The summed E-state index contributed by atoms with van der Waals surface area (Å²) in [4.78, 5) is 34.4. The van der Waals surface area contributed by atoms with E-state index >= 15 is 0 Å². The average Bonchev–Trinajstić information content (AvgIpc) is 2.26. The third kappa shape index (κ3) is 4.06. The first-order chi connectivity index (χ1) is 8.81. The van der Waals surface area contributed by atoms with Crippen molar-refractivity contribution < 1.29 is 23.9 Å². The molecule has 0 unspecified atom stereocenters. The number of benzene rings is 1. The number of aliphatic carboxylic acids is 1. The average molecular weight is 268 g/mol. The molecule has 0 heterocycles. The summed E-state index contributed by atoms with van der Waals surface area (Å²) >= 11 is 0. The van der Waals surface area contributed by atoms with Gasteiger partial charge in [-0.15, -0.1) is 0 Å². The lowest BCUT2D eigenvalue weighted by Crippen LogP contribution is -2.41. The molecule has 0 aliphatic carbocycles. The van der Waals surface area contributed by atoms with Gasteiger partial charge in [0.05, 0.1) is 0 Å². The van der Waals surface area contributed by atoms with Gasteiger partial charge in [0, 0.05) is 5.56 Å². The molecule has 0 aliphatic heterocycles. The zero-order valence-corrected chi connectivity index (χ0v) is 10.2. The van der Waals surface area contributed by atoms with Crippen molar-refractivity contribution in [1.29, 1.82) is 0 Å². The Balaban J connectivity index is 3.04. The molecule has 0 fully saturated rings. The Kier molecular flexibility index (Phi) is 4.57. The molecule has 1 rings (SSSR count). The number of carboxylic acid groups (broad SMARTS) is 1. The van der Waals surface area contributed by atoms with Gasteiger partial charge in [0.2, 0.25) is 5.91 Å². The van der Waals surface area contributed by atoms with Gasteiger partial charge in [0.15, 0.2) is 0 Å². The molecule has 0 bridgehead atoms. The summed E-state index contributed by atoms with van der Waals surface area (Å²) in [5.41, 5.74) is 5.44. The maximum atomic E-state index is 12.9. The van der Waals surface area contributed by atoms with Gasteiger partial charge in [-0.05, 0) is 30.7 Å². The number of carbonyl (C=O) groups excluding carboxylic acids is 2. The van der Waals surface area contributed by atoms with Crippen molar-refractivity contribution in [3.8, 4) is 0 Å². The highest BCUT2D eigenvalue weighted by Gasteiger charge is 2.21. The minimum Gasteiger partial charge on any atom is -0.480 e. The zero-order chi connectivity index (χ0) is 14.6. The van der Waals surface area contributed by atoms with Crippen LogP contribution in [0.2, 0.25) is 0 Å². The Labute approximate surface area is 108 Å². The van der Waals surface area contributed by atoms with E-state index in [4.69, 9.17) is 10.8 Å². The quantitative estimate of drug-likeness (QED) is 0.793. The van der Waals surface area contributed by atoms with Crippen molar-refractivity contribution in [2.24, 2.45) is 5.73 Å². The van der Waals surface area contributed by atoms with E-state index < -0.39 is 36.7 Å². The van der Waals surface area contributed by atoms with Crippen molar-refractivity contribution in [2.75, 3.05) is 13.1 Å². The molecular weight excluding hydrogens is 255 g/mol.